The Morgan fingerprint density at radius 1 is 1.13 bits per heavy atom. The Morgan fingerprint density at radius 3 is 2.80 bits per heavy atom. The van der Waals surface area contributed by atoms with Crippen molar-refractivity contribution in [3.8, 4) is 16.9 Å². The third-order valence-electron chi connectivity index (χ3n) is 5.30. The monoisotopic (exact) mass is 399 g/mol. The molecule has 4 aromatic rings. The Hall–Kier alpha value is -3.87. The lowest BCUT2D eigenvalue weighted by Crippen LogP contribution is -2.30. The number of amides is 1. The Morgan fingerprint density at radius 2 is 2.00 bits per heavy atom. The molecule has 1 aliphatic rings. The number of nitrogens with one attached hydrogen (secondary N) is 1. The first-order valence-electron chi connectivity index (χ1n) is 9.79. The largest absolute Gasteiger partial charge is 0.490 e. The van der Waals surface area contributed by atoms with E-state index in [-0.39, 0.29) is 5.91 Å². The maximum absolute atomic E-state index is 12.3. The number of rotatable bonds is 3. The van der Waals surface area contributed by atoms with Gasteiger partial charge in [-0.15, -0.1) is 0 Å². The molecule has 30 heavy (non-hydrogen) atoms. The number of nitrogens with zero attached hydrogens (tertiary/aromatic N) is 4. The van der Waals surface area contributed by atoms with Crippen LogP contribution in [0.1, 0.15) is 10.5 Å². The van der Waals surface area contributed by atoms with Crippen LogP contribution in [0.15, 0.2) is 60.9 Å². The molecule has 0 saturated carbocycles. The molecule has 2 aromatic heterocycles. The lowest BCUT2D eigenvalue weighted by atomic mass is 10.1. The van der Waals surface area contributed by atoms with Crippen LogP contribution in [0.3, 0.4) is 0 Å². The van der Waals surface area contributed by atoms with Crippen LogP contribution < -0.4 is 15.0 Å². The molecule has 150 valence electrons. The molecule has 0 aliphatic carbocycles. The molecular formula is C23H21N5O2. The molecule has 1 amide bonds. The first-order chi connectivity index (χ1) is 14.6. The van der Waals surface area contributed by atoms with E-state index >= 15 is 0 Å². The van der Waals surface area contributed by atoms with Crippen molar-refractivity contribution in [3.05, 3.63) is 66.6 Å². The van der Waals surface area contributed by atoms with Gasteiger partial charge in [-0.2, -0.15) is 5.10 Å². The van der Waals surface area contributed by atoms with Gasteiger partial charge >= 0.3 is 0 Å². The van der Waals surface area contributed by atoms with Crippen LogP contribution in [-0.4, -0.2) is 40.9 Å². The number of pyridine rings is 1. The molecule has 0 fully saturated rings. The third-order valence-corrected chi connectivity index (χ3v) is 5.30. The van der Waals surface area contributed by atoms with Gasteiger partial charge in [-0.05, 0) is 29.1 Å². The average molecular weight is 399 g/mol. The highest BCUT2D eigenvalue weighted by atomic mass is 16.5. The smallest absolute Gasteiger partial charge is 0.269 e. The second-order valence-corrected chi connectivity index (χ2v) is 7.22. The van der Waals surface area contributed by atoms with Crippen molar-refractivity contribution in [3.63, 3.8) is 0 Å². The van der Waals surface area contributed by atoms with Crippen molar-refractivity contribution in [1.82, 2.24) is 20.1 Å². The van der Waals surface area contributed by atoms with E-state index in [2.05, 4.69) is 21.4 Å². The number of ether oxygens (including phenoxy) is 1. The zero-order valence-corrected chi connectivity index (χ0v) is 16.8. The molecule has 0 bridgehead atoms. The van der Waals surface area contributed by atoms with E-state index in [4.69, 9.17) is 9.72 Å². The van der Waals surface area contributed by atoms with Crippen molar-refractivity contribution in [2.75, 3.05) is 25.1 Å². The number of carbonyl (C=O) groups excluding carboxylic acids is 1. The Kier molecular flexibility index (Phi) is 4.35. The highest BCUT2D eigenvalue weighted by Crippen LogP contribution is 2.40. The zero-order chi connectivity index (χ0) is 20.7. The van der Waals surface area contributed by atoms with Crippen LogP contribution >= 0.6 is 0 Å². The minimum atomic E-state index is -0.206. The zero-order valence-electron chi connectivity index (χ0n) is 16.8. The lowest BCUT2D eigenvalue weighted by molar-refractivity contribution is 0.0958. The number of hydrogen-bond acceptors (Lipinski definition) is 5. The highest BCUT2D eigenvalue weighted by Gasteiger charge is 2.24. The second-order valence-electron chi connectivity index (χ2n) is 7.22. The van der Waals surface area contributed by atoms with Crippen LogP contribution in [0.5, 0.6) is 5.75 Å². The summed E-state index contributed by atoms with van der Waals surface area (Å²) in [5.41, 5.74) is 3.40. The van der Waals surface area contributed by atoms with Gasteiger partial charge in [-0.3, -0.25) is 9.48 Å². The maximum atomic E-state index is 12.3. The Labute approximate surface area is 173 Å². The SMILES string of the molecule is CNC(=O)c1cc2ccccc2c(N2CCOc3cc(-c4cnn(C)c4)ccc32)n1. The average Bonchev–Trinajstić information content (AvgIpc) is 3.23. The Bertz CT molecular complexity index is 1260. The normalized spacial score (nSPS) is 13.1. The lowest BCUT2D eigenvalue weighted by Gasteiger charge is -2.31. The van der Waals surface area contributed by atoms with Crippen LogP contribution in [0.4, 0.5) is 11.5 Å². The van der Waals surface area contributed by atoms with Gasteiger partial charge in [0.15, 0.2) is 0 Å². The summed E-state index contributed by atoms with van der Waals surface area (Å²) in [6.07, 6.45) is 3.81. The molecule has 1 N–H and O–H groups in total. The third kappa shape index (κ3) is 3.04. The number of hydrogen-bond donors (Lipinski definition) is 1. The number of benzene rings is 2. The number of aromatic nitrogens is 3. The predicted octanol–water partition coefficient (Wildman–Crippen LogP) is 3.53. The van der Waals surface area contributed by atoms with Gasteiger partial charge in [0, 0.05) is 31.2 Å². The Balaban J connectivity index is 1.64. The summed E-state index contributed by atoms with van der Waals surface area (Å²) in [6.45, 7) is 1.18. The van der Waals surface area contributed by atoms with E-state index in [0.29, 0.717) is 18.8 Å². The van der Waals surface area contributed by atoms with Crippen molar-refractivity contribution >= 4 is 28.2 Å². The van der Waals surface area contributed by atoms with Crippen molar-refractivity contribution in [2.24, 2.45) is 7.05 Å². The molecule has 7 heteroatoms. The number of anilines is 2. The van der Waals surface area contributed by atoms with E-state index in [1.165, 1.54) is 0 Å². The van der Waals surface area contributed by atoms with E-state index in [0.717, 1.165) is 39.2 Å². The predicted molar refractivity (Wildman–Crippen MR) is 116 cm³/mol. The number of carbonyl (C=O) groups is 1. The summed E-state index contributed by atoms with van der Waals surface area (Å²) in [5, 5.41) is 8.89. The standard InChI is InChI=1S/C23H21N5O2/c1-24-23(29)19-11-16-5-3-4-6-18(16)22(26-19)28-9-10-30-21-12-15(7-8-20(21)28)17-13-25-27(2)14-17/h3-8,11-14H,9-10H2,1-2H3,(H,24,29). The summed E-state index contributed by atoms with van der Waals surface area (Å²) in [6, 6.07) is 15.9. The van der Waals surface area contributed by atoms with Crippen molar-refractivity contribution in [1.29, 1.82) is 0 Å². The van der Waals surface area contributed by atoms with Crippen molar-refractivity contribution < 1.29 is 9.53 Å². The molecule has 0 saturated heterocycles. The van der Waals surface area contributed by atoms with E-state index in [1.54, 1.807) is 11.7 Å². The van der Waals surface area contributed by atoms with E-state index in [9.17, 15) is 4.79 Å². The highest BCUT2D eigenvalue weighted by molar-refractivity contribution is 6.01. The molecule has 1 aliphatic heterocycles. The first kappa shape index (κ1) is 18.2. The molecule has 0 unspecified atom stereocenters. The van der Waals surface area contributed by atoms with Crippen LogP contribution in [0.25, 0.3) is 21.9 Å². The topological polar surface area (TPSA) is 72.3 Å². The number of aryl methyl sites for hydroxylation is 1. The fourth-order valence-electron chi connectivity index (χ4n) is 3.82. The molecule has 0 atom stereocenters. The van der Waals surface area contributed by atoms with Gasteiger partial charge in [0.2, 0.25) is 0 Å². The van der Waals surface area contributed by atoms with Gasteiger partial charge in [-0.25, -0.2) is 4.98 Å². The molecular weight excluding hydrogens is 378 g/mol. The number of fused-ring (bicyclic) bond motifs is 2. The first-order valence-corrected chi connectivity index (χ1v) is 9.79. The summed E-state index contributed by atoms with van der Waals surface area (Å²) in [4.78, 5) is 19.2. The van der Waals surface area contributed by atoms with Crippen LogP contribution in [-0.2, 0) is 7.05 Å². The van der Waals surface area contributed by atoms with Crippen LogP contribution in [0.2, 0.25) is 0 Å². The van der Waals surface area contributed by atoms with Crippen LogP contribution in [0, 0.1) is 0 Å². The van der Waals surface area contributed by atoms with Gasteiger partial charge < -0.3 is 15.0 Å². The summed E-state index contributed by atoms with van der Waals surface area (Å²) >= 11 is 0. The summed E-state index contributed by atoms with van der Waals surface area (Å²) < 4.78 is 7.76. The van der Waals surface area contributed by atoms with Gasteiger partial charge in [0.25, 0.3) is 5.91 Å². The summed E-state index contributed by atoms with van der Waals surface area (Å²) in [7, 11) is 3.51. The fraction of sp³-hybridized carbons (Fsp3) is 0.174. The van der Waals surface area contributed by atoms with E-state index < -0.39 is 0 Å². The molecule has 0 spiro atoms. The molecule has 0 radical (unpaired) electrons. The quantitative estimate of drug-likeness (QED) is 0.571. The van der Waals surface area contributed by atoms with Gasteiger partial charge in [0.05, 0.1) is 18.4 Å². The minimum Gasteiger partial charge on any atom is -0.490 e. The molecule has 2 aromatic carbocycles. The van der Waals surface area contributed by atoms with Gasteiger partial charge in [-0.1, -0.05) is 30.3 Å². The van der Waals surface area contributed by atoms with Crippen molar-refractivity contribution in [2.45, 2.75) is 0 Å². The van der Waals surface area contributed by atoms with Gasteiger partial charge in [0.1, 0.15) is 23.9 Å². The molecule has 3 heterocycles. The fourth-order valence-corrected chi connectivity index (χ4v) is 3.82. The second kappa shape index (κ2) is 7.18. The molecule has 5 rings (SSSR count). The summed E-state index contributed by atoms with van der Waals surface area (Å²) in [5.74, 6) is 1.34. The molecule has 7 nitrogen and oxygen atoms in total. The maximum Gasteiger partial charge on any atom is 0.269 e. The minimum absolute atomic E-state index is 0.206. The van der Waals surface area contributed by atoms with E-state index in [1.807, 2.05) is 61.9 Å².